The number of halogens is 2. The fourth-order valence-corrected chi connectivity index (χ4v) is 3.08. The van der Waals surface area contributed by atoms with Crippen molar-refractivity contribution in [3.63, 3.8) is 0 Å². The standard InChI is InChI=1S/C16H16Br2O2/c1-3-20-13-7-4-11(5-8-13)16(18)12-6-9-15(19-2)14(17)10-12/h4-10,16H,3H2,1-2H3. The highest BCUT2D eigenvalue weighted by Gasteiger charge is 2.12. The van der Waals surface area contributed by atoms with Crippen LogP contribution in [-0.2, 0) is 0 Å². The molecule has 2 aromatic carbocycles. The molecule has 0 spiro atoms. The van der Waals surface area contributed by atoms with Gasteiger partial charge in [-0.1, -0.05) is 34.1 Å². The van der Waals surface area contributed by atoms with Crippen molar-refractivity contribution in [1.82, 2.24) is 0 Å². The average Bonchev–Trinajstić information content (AvgIpc) is 2.47. The Bertz CT molecular complexity index is 567. The minimum Gasteiger partial charge on any atom is -0.496 e. The second-order valence-electron chi connectivity index (χ2n) is 4.26. The highest BCUT2D eigenvalue weighted by molar-refractivity contribution is 9.10. The maximum Gasteiger partial charge on any atom is 0.133 e. The number of ether oxygens (including phenoxy) is 2. The second kappa shape index (κ2) is 7.14. The van der Waals surface area contributed by atoms with Crippen LogP contribution >= 0.6 is 31.9 Å². The van der Waals surface area contributed by atoms with Crippen LogP contribution in [0.25, 0.3) is 0 Å². The summed E-state index contributed by atoms with van der Waals surface area (Å²) in [6.45, 7) is 2.67. The third-order valence-corrected chi connectivity index (χ3v) is 4.63. The largest absolute Gasteiger partial charge is 0.496 e. The molecule has 1 unspecified atom stereocenters. The highest BCUT2D eigenvalue weighted by atomic mass is 79.9. The molecule has 2 aromatic rings. The van der Waals surface area contributed by atoms with E-state index in [0.29, 0.717) is 6.61 Å². The van der Waals surface area contributed by atoms with Crippen molar-refractivity contribution >= 4 is 31.9 Å². The van der Waals surface area contributed by atoms with Crippen LogP contribution in [0.5, 0.6) is 11.5 Å². The van der Waals surface area contributed by atoms with Gasteiger partial charge < -0.3 is 9.47 Å². The average molecular weight is 400 g/mol. The third-order valence-electron chi connectivity index (χ3n) is 2.95. The van der Waals surface area contributed by atoms with E-state index in [1.54, 1.807) is 7.11 Å². The van der Waals surface area contributed by atoms with Gasteiger partial charge in [0.25, 0.3) is 0 Å². The van der Waals surface area contributed by atoms with Gasteiger partial charge in [-0.15, -0.1) is 0 Å². The molecule has 0 aliphatic heterocycles. The van der Waals surface area contributed by atoms with Crippen LogP contribution in [0, 0.1) is 0 Å². The molecule has 0 amide bonds. The van der Waals surface area contributed by atoms with Crippen molar-refractivity contribution in [3.8, 4) is 11.5 Å². The zero-order valence-electron chi connectivity index (χ0n) is 11.4. The van der Waals surface area contributed by atoms with Gasteiger partial charge in [-0.25, -0.2) is 0 Å². The van der Waals surface area contributed by atoms with E-state index in [1.165, 1.54) is 11.1 Å². The number of alkyl halides is 1. The summed E-state index contributed by atoms with van der Waals surface area (Å²) < 4.78 is 11.7. The predicted octanol–water partition coefficient (Wildman–Crippen LogP) is 5.34. The van der Waals surface area contributed by atoms with Gasteiger partial charge in [0, 0.05) is 0 Å². The summed E-state index contributed by atoms with van der Waals surface area (Å²) in [7, 11) is 1.66. The van der Waals surface area contributed by atoms with Gasteiger partial charge in [-0.05, 0) is 58.2 Å². The summed E-state index contributed by atoms with van der Waals surface area (Å²) in [6, 6.07) is 14.2. The van der Waals surface area contributed by atoms with Crippen molar-refractivity contribution in [3.05, 3.63) is 58.1 Å². The Morgan fingerprint density at radius 3 is 2.25 bits per heavy atom. The lowest BCUT2D eigenvalue weighted by Crippen LogP contribution is -1.95. The van der Waals surface area contributed by atoms with Gasteiger partial charge in [-0.2, -0.15) is 0 Å². The molecule has 1 atom stereocenters. The molecule has 0 bridgehead atoms. The normalized spacial score (nSPS) is 12.0. The van der Waals surface area contributed by atoms with Crippen molar-refractivity contribution in [1.29, 1.82) is 0 Å². The molecule has 0 radical (unpaired) electrons. The first-order chi connectivity index (χ1) is 9.65. The summed E-state index contributed by atoms with van der Waals surface area (Å²) in [4.78, 5) is 0.139. The van der Waals surface area contributed by atoms with Crippen LogP contribution in [0.1, 0.15) is 22.9 Å². The molecule has 0 saturated heterocycles. The number of rotatable bonds is 5. The Morgan fingerprint density at radius 2 is 1.70 bits per heavy atom. The van der Waals surface area contributed by atoms with Gasteiger partial charge in [0.2, 0.25) is 0 Å². The SMILES string of the molecule is CCOc1ccc(C(Br)c2ccc(OC)c(Br)c2)cc1. The van der Waals surface area contributed by atoms with E-state index in [4.69, 9.17) is 9.47 Å². The lowest BCUT2D eigenvalue weighted by molar-refractivity contribution is 0.340. The van der Waals surface area contributed by atoms with Gasteiger partial charge in [0.15, 0.2) is 0 Å². The molecular formula is C16H16Br2O2. The fraction of sp³-hybridized carbons (Fsp3) is 0.250. The van der Waals surface area contributed by atoms with E-state index in [1.807, 2.05) is 25.1 Å². The van der Waals surface area contributed by atoms with Crippen LogP contribution in [0.15, 0.2) is 46.9 Å². The summed E-state index contributed by atoms with van der Waals surface area (Å²) in [5, 5.41) is 0. The van der Waals surface area contributed by atoms with Crippen LogP contribution in [0.3, 0.4) is 0 Å². The number of benzene rings is 2. The molecule has 20 heavy (non-hydrogen) atoms. The fourth-order valence-electron chi connectivity index (χ4n) is 1.93. The van der Waals surface area contributed by atoms with E-state index in [9.17, 15) is 0 Å². The molecule has 0 N–H and O–H groups in total. The number of hydrogen-bond acceptors (Lipinski definition) is 2. The first kappa shape index (κ1) is 15.4. The Morgan fingerprint density at radius 1 is 1.05 bits per heavy atom. The van der Waals surface area contributed by atoms with Gasteiger partial charge in [0.05, 0.1) is 23.0 Å². The molecule has 0 aliphatic rings. The van der Waals surface area contributed by atoms with Gasteiger partial charge in [0.1, 0.15) is 11.5 Å². The van der Waals surface area contributed by atoms with Crippen LogP contribution in [-0.4, -0.2) is 13.7 Å². The van der Waals surface area contributed by atoms with Crippen molar-refractivity contribution in [2.45, 2.75) is 11.8 Å². The predicted molar refractivity (Wildman–Crippen MR) is 89.1 cm³/mol. The van der Waals surface area contributed by atoms with E-state index in [2.05, 4.69) is 56.1 Å². The number of hydrogen-bond donors (Lipinski definition) is 0. The quantitative estimate of drug-likeness (QED) is 0.631. The maximum absolute atomic E-state index is 5.46. The summed E-state index contributed by atoms with van der Waals surface area (Å²) >= 11 is 7.25. The molecule has 0 fully saturated rings. The first-order valence-corrected chi connectivity index (χ1v) is 8.06. The van der Waals surface area contributed by atoms with Crippen LogP contribution in [0.2, 0.25) is 0 Å². The topological polar surface area (TPSA) is 18.5 Å². The molecule has 106 valence electrons. The third kappa shape index (κ3) is 3.55. The monoisotopic (exact) mass is 398 g/mol. The molecular weight excluding hydrogens is 384 g/mol. The highest BCUT2D eigenvalue weighted by Crippen LogP contribution is 2.35. The van der Waals surface area contributed by atoms with E-state index < -0.39 is 0 Å². The smallest absolute Gasteiger partial charge is 0.133 e. The van der Waals surface area contributed by atoms with Crippen molar-refractivity contribution in [2.75, 3.05) is 13.7 Å². The molecule has 0 saturated carbocycles. The zero-order valence-corrected chi connectivity index (χ0v) is 14.6. The first-order valence-electron chi connectivity index (χ1n) is 6.36. The van der Waals surface area contributed by atoms with Crippen molar-refractivity contribution in [2.24, 2.45) is 0 Å². The Hall–Kier alpha value is -1.00. The maximum atomic E-state index is 5.46. The Labute approximate surface area is 136 Å². The molecule has 0 aromatic heterocycles. The second-order valence-corrected chi connectivity index (χ2v) is 6.03. The molecule has 0 aliphatic carbocycles. The molecule has 0 heterocycles. The summed E-state index contributed by atoms with van der Waals surface area (Å²) in [5.74, 6) is 1.73. The Kier molecular flexibility index (Phi) is 5.49. The molecule has 4 heteroatoms. The van der Waals surface area contributed by atoms with E-state index in [-0.39, 0.29) is 4.83 Å². The van der Waals surface area contributed by atoms with Gasteiger partial charge in [-0.3, -0.25) is 0 Å². The minimum absolute atomic E-state index is 0.139. The number of methoxy groups -OCH3 is 1. The zero-order chi connectivity index (χ0) is 14.5. The Balaban J connectivity index is 2.21. The summed E-state index contributed by atoms with van der Waals surface area (Å²) in [5.41, 5.74) is 2.35. The van der Waals surface area contributed by atoms with Crippen molar-refractivity contribution < 1.29 is 9.47 Å². The van der Waals surface area contributed by atoms with Gasteiger partial charge >= 0.3 is 0 Å². The molecule has 2 nitrogen and oxygen atoms in total. The van der Waals surface area contributed by atoms with Crippen LogP contribution < -0.4 is 9.47 Å². The van der Waals surface area contributed by atoms with E-state index >= 15 is 0 Å². The van der Waals surface area contributed by atoms with E-state index in [0.717, 1.165) is 16.0 Å². The molecule has 2 rings (SSSR count). The summed E-state index contributed by atoms with van der Waals surface area (Å²) in [6.07, 6.45) is 0. The van der Waals surface area contributed by atoms with Crippen LogP contribution in [0.4, 0.5) is 0 Å². The lowest BCUT2D eigenvalue weighted by atomic mass is 10.0. The minimum atomic E-state index is 0.139. The lowest BCUT2D eigenvalue weighted by Gasteiger charge is -2.13.